The van der Waals surface area contributed by atoms with Gasteiger partial charge in [-0.05, 0) is 32.9 Å². The van der Waals surface area contributed by atoms with E-state index < -0.39 is 23.2 Å². The molecule has 5 rings (SSSR count). The van der Waals surface area contributed by atoms with E-state index in [1.807, 2.05) is 13.8 Å². The fourth-order valence-corrected chi connectivity index (χ4v) is 6.34. The summed E-state index contributed by atoms with van der Waals surface area (Å²) in [5, 5.41) is 14.5. The number of piperazine rings is 1. The van der Waals surface area contributed by atoms with Crippen LogP contribution in [0, 0.1) is 11.6 Å². The first kappa shape index (κ1) is 29.0. The minimum Gasteiger partial charge on any atom is -0.383 e. The number of fused-ring (bicyclic) bond motifs is 1. The van der Waals surface area contributed by atoms with E-state index in [-0.39, 0.29) is 30.1 Å². The number of ether oxygens (including phenoxy) is 1. The van der Waals surface area contributed by atoms with Crippen LogP contribution in [0.1, 0.15) is 57.5 Å². The number of hydrogen-bond donors (Lipinski definition) is 2. The number of aromatic nitrogens is 1. The van der Waals surface area contributed by atoms with Crippen molar-refractivity contribution in [3.63, 3.8) is 0 Å². The number of carbonyl (C=O) groups excluding carboxylic acids is 1. The Kier molecular flexibility index (Phi) is 8.27. The Morgan fingerprint density at radius 1 is 1.23 bits per heavy atom. The van der Waals surface area contributed by atoms with E-state index in [0.29, 0.717) is 43.1 Å². The topological polar surface area (TPSA) is 81.2 Å². The maximum Gasteiger partial charge on any atom is 0.241 e. The molecular formula is C30H41F2N5O3. The van der Waals surface area contributed by atoms with E-state index in [1.54, 1.807) is 11.0 Å². The monoisotopic (exact) mass is 557 g/mol. The lowest BCUT2D eigenvalue weighted by Gasteiger charge is -2.46. The first-order valence-electron chi connectivity index (χ1n) is 14.2. The predicted octanol–water partition coefficient (Wildman–Crippen LogP) is 2.84. The largest absolute Gasteiger partial charge is 0.383 e. The molecular weight excluding hydrogens is 516 g/mol. The van der Waals surface area contributed by atoms with Crippen LogP contribution in [-0.2, 0) is 14.9 Å². The molecule has 1 amide bonds. The Morgan fingerprint density at radius 2 is 1.95 bits per heavy atom. The molecule has 40 heavy (non-hydrogen) atoms. The molecule has 3 aliphatic rings. The zero-order valence-electron chi connectivity index (χ0n) is 24.0. The number of aliphatic hydroxyl groups excluding tert-OH is 1. The minimum atomic E-state index is -1.41. The van der Waals surface area contributed by atoms with Crippen LogP contribution in [-0.4, -0.2) is 95.9 Å². The summed E-state index contributed by atoms with van der Waals surface area (Å²) in [4.78, 5) is 25.0. The van der Waals surface area contributed by atoms with E-state index in [1.165, 1.54) is 18.3 Å². The van der Waals surface area contributed by atoms with Crippen LogP contribution in [0.4, 0.5) is 14.5 Å². The van der Waals surface area contributed by atoms with E-state index in [9.17, 15) is 18.7 Å². The van der Waals surface area contributed by atoms with Gasteiger partial charge in [-0.15, -0.1) is 0 Å². The zero-order valence-corrected chi connectivity index (χ0v) is 24.0. The predicted molar refractivity (Wildman–Crippen MR) is 149 cm³/mol. The molecule has 1 aromatic heterocycles. The van der Waals surface area contributed by atoms with Gasteiger partial charge in [0.2, 0.25) is 5.91 Å². The van der Waals surface area contributed by atoms with E-state index in [4.69, 9.17) is 4.74 Å². The molecule has 2 saturated heterocycles. The Bertz CT molecular complexity index is 1230. The van der Waals surface area contributed by atoms with Crippen molar-refractivity contribution in [3.8, 4) is 0 Å². The highest BCUT2D eigenvalue weighted by Crippen LogP contribution is 2.41. The normalized spacial score (nSPS) is 27.9. The molecule has 218 valence electrons. The van der Waals surface area contributed by atoms with Crippen molar-refractivity contribution in [2.45, 2.75) is 70.3 Å². The van der Waals surface area contributed by atoms with Gasteiger partial charge in [-0.3, -0.25) is 19.6 Å². The number of anilines is 1. The lowest BCUT2D eigenvalue weighted by atomic mass is 9.90. The first-order chi connectivity index (χ1) is 19.0. The molecule has 8 nitrogen and oxygen atoms in total. The number of pyridine rings is 1. The molecule has 2 fully saturated rings. The molecule has 10 heteroatoms. The molecule has 0 aliphatic carbocycles. The third-order valence-corrected chi connectivity index (χ3v) is 8.60. The Labute approximate surface area is 235 Å². The number of aliphatic hydroxyl groups is 1. The van der Waals surface area contributed by atoms with Gasteiger partial charge >= 0.3 is 0 Å². The molecule has 2 aromatic rings. The summed E-state index contributed by atoms with van der Waals surface area (Å²) in [7, 11) is 0. The Morgan fingerprint density at radius 3 is 2.67 bits per heavy atom. The standard InChI is InChI=1S/C30H41F2N5O3/c1-18-12-35(22(11-33-18)13-36-19(2)15-40-16-20(36)3)14-26(38)37-17-30(4,5)29-25(37)9-21(10-34-29)28(39)23-7-6-8-24(31)27(23)32/h6-10,18-20,22,28,33,39H,11-17H2,1-5H3. The van der Waals surface area contributed by atoms with Crippen molar-refractivity contribution >= 4 is 11.6 Å². The highest BCUT2D eigenvalue weighted by atomic mass is 19.2. The first-order valence-corrected chi connectivity index (χ1v) is 14.2. The second-order valence-corrected chi connectivity index (χ2v) is 12.4. The average Bonchev–Trinajstić information content (AvgIpc) is 3.19. The molecule has 0 radical (unpaired) electrons. The van der Waals surface area contributed by atoms with Crippen molar-refractivity contribution < 1.29 is 23.4 Å². The summed E-state index contributed by atoms with van der Waals surface area (Å²) in [6, 6.07) is 6.47. The van der Waals surface area contributed by atoms with Crippen molar-refractivity contribution in [2.24, 2.45) is 0 Å². The number of benzene rings is 1. The van der Waals surface area contributed by atoms with Gasteiger partial charge in [0.05, 0.1) is 31.1 Å². The summed E-state index contributed by atoms with van der Waals surface area (Å²) >= 11 is 0. The number of hydrogen-bond acceptors (Lipinski definition) is 7. The van der Waals surface area contributed by atoms with Gasteiger partial charge in [0.25, 0.3) is 0 Å². The molecule has 1 aromatic carbocycles. The molecule has 5 unspecified atom stereocenters. The average molecular weight is 558 g/mol. The molecule has 5 atom stereocenters. The van der Waals surface area contributed by atoms with Gasteiger partial charge in [-0.1, -0.05) is 26.0 Å². The quantitative estimate of drug-likeness (QED) is 0.566. The summed E-state index contributed by atoms with van der Waals surface area (Å²) in [5.74, 6) is -2.16. The molecule has 0 saturated carbocycles. The summed E-state index contributed by atoms with van der Waals surface area (Å²) in [5.41, 5.74) is 1.10. The van der Waals surface area contributed by atoms with E-state index in [2.05, 4.69) is 40.9 Å². The molecule has 2 N–H and O–H groups in total. The molecule has 0 spiro atoms. The smallest absolute Gasteiger partial charge is 0.241 e. The van der Waals surface area contributed by atoms with Crippen LogP contribution in [0.25, 0.3) is 0 Å². The Hall–Kier alpha value is -2.50. The number of carbonyl (C=O) groups is 1. The van der Waals surface area contributed by atoms with Crippen molar-refractivity contribution in [2.75, 3.05) is 50.8 Å². The van der Waals surface area contributed by atoms with Gasteiger partial charge in [-0.25, -0.2) is 8.78 Å². The fraction of sp³-hybridized carbons (Fsp3) is 0.600. The second kappa shape index (κ2) is 11.4. The Balaban J connectivity index is 1.38. The highest BCUT2D eigenvalue weighted by molar-refractivity contribution is 5.97. The van der Waals surface area contributed by atoms with Gasteiger partial charge < -0.3 is 20.1 Å². The fourth-order valence-electron chi connectivity index (χ4n) is 6.34. The van der Waals surface area contributed by atoms with Crippen molar-refractivity contribution in [3.05, 3.63) is 58.9 Å². The van der Waals surface area contributed by atoms with Crippen LogP contribution >= 0.6 is 0 Å². The zero-order chi connectivity index (χ0) is 28.8. The van der Waals surface area contributed by atoms with Crippen molar-refractivity contribution in [1.82, 2.24) is 20.1 Å². The van der Waals surface area contributed by atoms with E-state index in [0.717, 1.165) is 31.4 Å². The van der Waals surface area contributed by atoms with Crippen LogP contribution in [0.3, 0.4) is 0 Å². The van der Waals surface area contributed by atoms with Crippen LogP contribution in [0.15, 0.2) is 30.5 Å². The minimum absolute atomic E-state index is 0.0422. The van der Waals surface area contributed by atoms with Gasteiger partial charge in [0, 0.05) is 73.1 Å². The van der Waals surface area contributed by atoms with Gasteiger partial charge in [-0.2, -0.15) is 0 Å². The number of rotatable bonds is 6. The van der Waals surface area contributed by atoms with Crippen LogP contribution in [0.2, 0.25) is 0 Å². The number of halogens is 2. The van der Waals surface area contributed by atoms with Crippen LogP contribution < -0.4 is 10.2 Å². The maximum absolute atomic E-state index is 14.4. The van der Waals surface area contributed by atoms with Crippen molar-refractivity contribution in [1.29, 1.82) is 0 Å². The van der Waals surface area contributed by atoms with Gasteiger partial charge in [0.15, 0.2) is 11.6 Å². The highest BCUT2D eigenvalue weighted by Gasteiger charge is 2.41. The number of nitrogens with one attached hydrogen (secondary N) is 1. The summed E-state index contributed by atoms with van der Waals surface area (Å²) in [6.45, 7) is 15.1. The number of amides is 1. The summed E-state index contributed by atoms with van der Waals surface area (Å²) < 4.78 is 34.0. The lowest BCUT2D eigenvalue weighted by molar-refractivity contribution is -0.121. The molecule has 4 heterocycles. The number of nitrogens with zero attached hydrogens (tertiary/aromatic N) is 4. The second-order valence-electron chi connectivity index (χ2n) is 12.4. The summed E-state index contributed by atoms with van der Waals surface area (Å²) in [6.07, 6.45) is 0.0764. The van der Waals surface area contributed by atoms with E-state index >= 15 is 0 Å². The third-order valence-electron chi connectivity index (χ3n) is 8.60. The maximum atomic E-state index is 14.4. The van der Waals surface area contributed by atoms with Crippen LogP contribution in [0.5, 0.6) is 0 Å². The molecule has 0 bridgehead atoms. The molecule has 3 aliphatic heterocycles. The van der Waals surface area contributed by atoms with Gasteiger partial charge in [0.1, 0.15) is 6.10 Å². The number of morpholine rings is 1. The SMILES string of the molecule is CC1CN(CC(=O)N2CC(C)(C)c3ncc(C(O)c4cccc(F)c4F)cc32)C(CN2C(C)COCC2C)CN1. The lowest BCUT2D eigenvalue weighted by Crippen LogP contribution is -2.63. The third kappa shape index (κ3) is 5.65.